The van der Waals surface area contributed by atoms with Crippen molar-refractivity contribution in [2.75, 3.05) is 26.0 Å². The van der Waals surface area contributed by atoms with Crippen LogP contribution in [0.25, 0.3) is 0 Å². The van der Waals surface area contributed by atoms with E-state index in [2.05, 4.69) is 0 Å². The summed E-state index contributed by atoms with van der Waals surface area (Å²) in [6.07, 6.45) is 1.96. The first kappa shape index (κ1) is 20.6. The maximum atomic E-state index is 12.3. The molecule has 0 aromatic rings. The van der Waals surface area contributed by atoms with Gasteiger partial charge >= 0.3 is 6.09 Å². The molecule has 10 heteroatoms. The SMILES string of the molecule is CC(C)(C)OC(=O)N1CCC[C@H]1[C@H](CCOS(C)(=O)=O)C[N+](=O)[O-]. The van der Waals surface area contributed by atoms with Crippen molar-refractivity contribution in [1.29, 1.82) is 0 Å². The second-order valence-corrected chi connectivity index (χ2v) is 8.62. The Morgan fingerprint density at radius 3 is 2.54 bits per heavy atom. The van der Waals surface area contributed by atoms with Gasteiger partial charge in [0.15, 0.2) is 0 Å². The Morgan fingerprint density at radius 2 is 2.04 bits per heavy atom. The molecule has 1 heterocycles. The van der Waals surface area contributed by atoms with E-state index in [0.29, 0.717) is 13.0 Å². The van der Waals surface area contributed by atoms with Crippen LogP contribution in [0.1, 0.15) is 40.0 Å². The predicted octanol–water partition coefficient (Wildman–Crippen LogP) is 1.65. The Balaban J connectivity index is 2.79. The number of amides is 1. The third-order valence-electron chi connectivity index (χ3n) is 3.64. The molecule has 0 aromatic heterocycles. The zero-order valence-electron chi connectivity index (χ0n) is 14.6. The third-order valence-corrected chi connectivity index (χ3v) is 4.24. The number of hydrogen-bond acceptors (Lipinski definition) is 7. The van der Waals surface area contributed by atoms with Gasteiger partial charge in [-0.25, -0.2) is 4.79 Å². The zero-order chi connectivity index (χ0) is 18.5. The second kappa shape index (κ2) is 8.11. The van der Waals surface area contributed by atoms with Crippen LogP contribution in [0, 0.1) is 16.0 Å². The molecule has 1 saturated heterocycles. The van der Waals surface area contributed by atoms with E-state index < -0.39 is 32.7 Å². The van der Waals surface area contributed by atoms with Crippen molar-refractivity contribution >= 4 is 16.2 Å². The van der Waals surface area contributed by atoms with Crippen molar-refractivity contribution in [3.8, 4) is 0 Å². The van der Waals surface area contributed by atoms with E-state index in [1.54, 1.807) is 20.8 Å². The molecule has 1 aliphatic heterocycles. The summed E-state index contributed by atoms with van der Waals surface area (Å²) >= 11 is 0. The van der Waals surface area contributed by atoms with Crippen LogP contribution in [0.15, 0.2) is 0 Å². The van der Waals surface area contributed by atoms with Gasteiger partial charge in [-0.1, -0.05) is 0 Å². The number of carbonyl (C=O) groups excluding carboxylic acids is 1. The smallest absolute Gasteiger partial charge is 0.410 e. The van der Waals surface area contributed by atoms with Crippen molar-refractivity contribution in [1.82, 2.24) is 4.90 Å². The standard InChI is InChI=1S/C14H26N2O7S/c1-14(2,3)23-13(17)15-8-5-6-12(15)11(10-16(18)19)7-9-22-24(4,20)21/h11-12H,5-10H2,1-4H3/t11-,12+/m1/s1. The molecule has 1 aliphatic rings. The lowest BCUT2D eigenvalue weighted by atomic mass is 9.94. The summed E-state index contributed by atoms with van der Waals surface area (Å²) in [5, 5.41) is 10.9. The molecule has 0 aliphatic carbocycles. The van der Waals surface area contributed by atoms with Gasteiger partial charge in [0, 0.05) is 23.4 Å². The van der Waals surface area contributed by atoms with Crippen LogP contribution in [0.3, 0.4) is 0 Å². The lowest BCUT2D eigenvalue weighted by Crippen LogP contribution is -2.45. The normalized spacial score (nSPS) is 20.0. The van der Waals surface area contributed by atoms with Gasteiger partial charge in [-0.05, 0) is 40.0 Å². The van der Waals surface area contributed by atoms with Crippen molar-refractivity contribution in [2.24, 2.45) is 5.92 Å². The Labute approximate surface area is 142 Å². The van der Waals surface area contributed by atoms with Crippen LogP contribution < -0.4 is 0 Å². The molecule has 0 spiro atoms. The fourth-order valence-corrected chi connectivity index (χ4v) is 3.18. The minimum Gasteiger partial charge on any atom is -0.444 e. The molecule has 1 rings (SSSR count). The van der Waals surface area contributed by atoms with Crippen molar-refractivity contribution in [3.05, 3.63) is 10.1 Å². The van der Waals surface area contributed by atoms with Gasteiger partial charge < -0.3 is 9.64 Å². The van der Waals surface area contributed by atoms with E-state index in [0.717, 1.165) is 12.7 Å². The summed E-state index contributed by atoms with van der Waals surface area (Å²) < 4.78 is 32.1. The largest absolute Gasteiger partial charge is 0.444 e. The maximum Gasteiger partial charge on any atom is 0.410 e. The highest BCUT2D eigenvalue weighted by molar-refractivity contribution is 7.85. The highest BCUT2D eigenvalue weighted by Gasteiger charge is 2.39. The quantitative estimate of drug-likeness (QED) is 0.382. The Morgan fingerprint density at radius 1 is 1.42 bits per heavy atom. The molecule has 24 heavy (non-hydrogen) atoms. The molecule has 1 amide bonds. The van der Waals surface area contributed by atoms with E-state index in [4.69, 9.17) is 8.92 Å². The average molecular weight is 366 g/mol. The number of hydrogen-bond donors (Lipinski definition) is 0. The fourth-order valence-electron chi connectivity index (χ4n) is 2.78. The molecule has 0 aromatic carbocycles. The van der Waals surface area contributed by atoms with E-state index >= 15 is 0 Å². The zero-order valence-corrected chi connectivity index (χ0v) is 15.4. The third kappa shape index (κ3) is 7.43. The van der Waals surface area contributed by atoms with Gasteiger partial charge in [0.25, 0.3) is 10.1 Å². The van der Waals surface area contributed by atoms with Crippen LogP contribution in [0.5, 0.6) is 0 Å². The molecule has 0 unspecified atom stereocenters. The highest BCUT2D eigenvalue weighted by Crippen LogP contribution is 2.28. The second-order valence-electron chi connectivity index (χ2n) is 6.97. The Hall–Kier alpha value is -1.42. The molecule has 0 bridgehead atoms. The van der Waals surface area contributed by atoms with Crippen LogP contribution in [-0.2, 0) is 19.0 Å². The topological polar surface area (TPSA) is 116 Å². The van der Waals surface area contributed by atoms with Crippen molar-refractivity contribution in [2.45, 2.75) is 51.7 Å². The number of rotatable bonds is 7. The fraction of sp³-hybridized carbons (Fsp3) is 0.929. The summed E-state index contributed by atoms with van der Waals surface area (Å²) in [5.74, 6) is -0.489. The van der Waals surface area contributed by atoms with Gasteiger partial charge in [0.2, 0.25) is 6.54 Å². The van der Waals surface area contributed by atoms with Crippen LogP contribution in [0.4, 0.5) is 4.79 Å². The van der Waals surface area contributed by atoms with Gasteiger partial charge in [0.05, 0.1) is 12.9 Å². The van der Waals surface area contributed by atoms with Crippen LogP contribution in [-0.4, -0.2) is 61.9 Å². The molecular formula is C14H26N2O7S. The Bertz CT molecular complexity index is 556. The summed E-state index contributed by atoms with van der Waals surface area (Å²) in [7, 11) is -3.60. The first-order valence-electron chi connectivity index (χ1n) is 7.85. The van der Waals surface area contributed by atoms with E-state index in [1.807, 2.05) is 0 Å². The number of nitro groups is 1. The van der Waals surface area contributed by atoms with E-state index in [-0.39, 0.29) is 25.6 Å². The molecule has 0 N–H and O–H groups in total. The molecule has 0 radical (unpaired) electrons. The minimum atomic E-state index is -3.60. The van der Waals surface area contributed by atoms with Gasteiger partial charge in [0.1, 0.15) is 5.60 Å². The summed E-state index contributed by atoms with van der Waals surface area (Å²) in [6, 6.07) is -0.353. The lowest BCUT2D eigenvalue weighted by Gasteiger charge is -2.31. The average Bonchev–Trinajstić information content (AvgIpc) is 2.82. The Kier molecular flexibility index (Phi) is 6.97. The van der Waals surface area contributed by atoms with Crippen LogP contribution >= 0.6 is 0 Å². The molecule has 0 saturated carbocycles. The van der Waals surface area contributed by atoms with E-state index in [1.165, 1.54) is 4.90 Å². The minimum absolute atomic E-state index is 0.143. The lowest BCUT2D eigenvalue weighted by molar-refractivity contribution is -0.489. The number of carbonyl (C=O) groups is 1. The molecule has 2 atom stereocenters. The molecule has 1 fully saturated rings. The summed E-state index contributed by atoms with van der Waals surface area (Å²) in [6.45, 7) is 5.24. The first-order valence-corrected chi connectivity index (χ1v) is 9.66. The molecule has 9 nitrogen and oxygen atoms in total. The van der Waals surface area contributed by atoms with Gasteiger partial charge in [-0.2, -0.15) is 8.42 Å². The number of ether oxygens (including phenoxy) is 1. The van der Waals surface area contributed by atoms with Crippen LogP contribution in [0.2, 0.25) is 0 Å². The summed E-state index contributed by atoms with van der Waals surface area (Å²) in [4.78, 5) is 24.3. The van der Waals surface area contributed by atoms with E-state index in [9.17, 15) is 23.3 Å². The van der Waals surface area contributed by atoms with Crippen molar-refractivity contribution in [3.63, 3.8) is 0 Å². The number of likely N-dealkylation sites (tertiary alicyclic amines) is 1. The van der Waals surface area contributed by atoms with Gasteiger partial charge in [-0.15, -0.1) is 0 Å². The predicted molar refractivity (Wildman–Crippen MR) is 86.7 cm³/mol. The van der Waals surface area contributed by atoms with Gasteiger partial charge in [-0.3, -0.25) is 14.3 Å². The monoisotopic (exact) mass is 366 g/mol. The molecular weight excluding hydrogens is 340 g/mol. The maximum absolute atomic E-state index is 12.3. The summed E-state index contributed by atoms with van der Waals surface area (Å²) in [5.41, 5.74) is -0.651. The first-order chi connectivity index (χ1) is 10.9. The van der Waals surface area contributed by atoms with Crippen molar-refractivity contribution < 1.29 is 27.1 Å². The number of nitrogens with zero attached hydrogens (tertiary/aromatic N) is 2. The molecule has 140 valence electrons. The highest BCUT2D eigenvalue weighted by atomic mass is 32.2.